The highest BCUT2D eigenvalue weighted by molar-refractivity contribution is 5.85. The first-order chi connectivity index (χ1) is 4.34. The van der Waals surface area contributed by atoms with E-state index in [2.05, 4.69) is 0 Å². The van der Waals surface area contributed by atoms with Crippen LogP contribution >= 0.6 is 0 Å². The summed E-state index contributed by atoms with van der Waals surface area (Å²) in [6.45, 7) is 0. The van der Waals surface area contributed by atoms with Gasteiger partial charge < -0.3 is 4.74 Å². The molecule has 0 spiro atoms. The van der Waals surface area contributed by atoms with Gasteiger partial charge in [0.15, 0.2) is 5.78 Å². The quantitative estimate of drug-likeness (QED) is 0.488. The number of carbonyl (C=O) groups excluding carboxylic acids is 1. The molecule has 0 heterocycles. The molecule has 0 aromatic carbocycles. The van der Waals surface area contributed by atoms with Gasteiger partial charge in [-0.25, -0.2) is 0 Å². The molecule has 0 N–H and O–H groups in total. The molecule has 0 bridgehead atoms. The van der Waals surface area contributed by atoms with E-state index in [1.54, 1.807) is 7.11 Å². The Labute approximate surface area is 54.5 Å². The Balaban J connectivity index is 2.57. The number of ether oxygens (including phenoxy) is 1. The van der Waals surface area contributed by atoms with Crippen molar-refractivity contribution < 1.29 is 9.53 Å². The lowest BCUT2D eigenvalue weighted by Gasteiger charge is -2.12. The summed E-state index contributed by atoms with van der Waals surface area (Å²) in [4.78, 5) is 10.8. The molecule has 9 heavy (non-hydrogen) atoms. The average molecular weight is 126 g/mol. The maximum absolute atomic E-state index is 10.8. The van der Waals surface area contributed by atoms with E-state index in [0.717, 1.165) is 6.42 Å². The fourth-order valence-electron chi connectivity index (χ4n) is 0.905. The van der Waals surface area contributed by atoms with Gasteiger partial charge in [-0.3, -0.25) is 4.79 Å². The van der Waals surface area contributed by atoms with Gasteiger partial charge in [0.25, 0.3) is 0 Å². The number of ketones is 1. The van der Waals surface area contributed by atoms with Gasteiger partial charge in [0.05, 0.1) is 0 Å². The summed E-state index contributed by atoms with van der Waals surface area (Å²) < 4.78 is 4.87. The third-order valence-electron chi connectivity index (χ3n) is 1.44. The first-order valence-corrected chi connectivity index (χ1v) is 3.07. The van der Waals surface area contributed by atoms with E-state index < -0.39 is 0 Å². The van der Waals surface area contributed by atoms with Crippen LogP contribution in [0.25, 0.3) is 0 Å². The fraction of sp³-hybridized carbons (Fsp3) is 0.571. The molecule has 1 atom stereocenters. The molecule has 0 saturated heterocycles. The zero-order valence-corrected chi connectivity index (χ0v) is 5.46. The standard InChI is InChI=1S/C7H10O2/c1-9-7-5-3-2-4-6(7)8/h3,5,7H,2,4H2,1H3. The Bertz CT molecular complexity index is 138. The highest BCUT2D eigenvalue weighted by atomic mass is 16.5. The van der Waals surface area contributed by atoms with Crippen LogP contribution in [0.5, 0.6) is 0 Å². The molecular formula is C7H10O2. The smallest absolute Gasteiger partial charge is 0.165 e. The Hall–Kier alpha value is -0.630. The van der Waals surface area contributed by atoms with Gasteiger partial charge in [-0.05, 0) is 6.42 Å². The van der Waals surface area contributed by atoms with Gasteiger partial charge in [0.2, 0.25) is 0 Å². The summed E-state index contributed by atoms with van der Waals surface area (Å²) in [6.07, 6.45) is 5.04. The van der Waals surface area contributed by atoms with Crippen LogP contribution in [0.3, 0.4) is 0 Å². The third kappa shape index (κ3) is 1.39. The van der Waals surface area contributed by atoms with Crippen molar-refractivity contribution in [2.75, 3.05) is 7.11 Å². The highest BCUT2D eigenvalue weighted by Crippen LogP contribution is 2.08. The number of carbonyl (C=O) groups is 1. The van der Waals surface area contributed by atoms with Crippen LogP contribution in [-0.2, 0) is 9.53 Å². The minimum atomic E-state index is -0.265. The lowest BCUT2D eigenvalue weighted by atomic mass is 10.0. The van der Waals surface area contributed by atoms with Crippen LogP contribution in [0, 0.1) is 0 Å². The maximum atomic E-state index is 10.8. The predicted octanol–water partition coefficient (Wildman–Crippen LogP) is 0.920. The third-order valence-corrected chi connectivity index (χ3v) is 1.44. The van der Waals surface area contributed by atoms with Crippen LogP contribution in [0.4, 0.5) is 0 Å². The van der Waals surface area contributed by atoms with Gasteiger partial charge in [-0.1, -0.05) is 12.2 Å². The molecule has 1 unspecified atom stereocenters. The summed E-state index contributed by atoms with van der Waals surface area (Å²) in [5, 5.41) is 0. The summed E-state index contributed by atoms with van der Waals surface area (Å²) in [7, 11) is 1.55. The molecule has 0 radical (unpaired) electrons. The van der Waals surface area contributed by atoms with E-state index in [1.165, 1.54) is 0 Å². The Kier molecular flexibility index (Phi) is 2.01. The largest absolute Gasteiger partial charge is 0.370 e. The second kappa shape index (κ2) is 2.78. The molecule has 1 rings (SSSR count). The molecule has 0 amide bonds. The SMILES string of the molecule is COC1C=CCCC1=O. The molecular weight excluding hydrogens is 116 g/mol. The van der Waals surface area contributed by atoms with E-state index >= 15 is 0 Å². The molecule has 0 aliphatic heterocycles. The van der Waals surface area contributed by atoms with Crippen molar-refractivity contribution in [3.05, 3.63) is 12.2 Å². The lowest BCUT2D eigenvalue weighted by Crippen LogP contribution is -2.22. The predicted molar refractivity (Wildman–Crippen MR) is 34.2 cm³/mol. The van der Waals surface area contributed by atoms with Crippen molar-refractivity contribution in [2.24, 2.45) is 0 Å². The Morgan fingerprint density at radius 1 is 1.78 bits per heavy atom. The van der Waals surface area contributed by atoms with Crippen LogP contribution in [0.1, 0.15) is 12.8 Å². The minimum absolute atomic E-state index is 0.194. The van der Waals surface area contributed by atoms with Crippen LogP contribution in [-0.4, -0.2) is 19.0 Å². The van der Waals surface area contributed by atoms with Gasteiger partial charge in [-0.2, -0.15) is 0 Å². The van der Waals surface area contributed by atoms with Gasteiger partial charge in [-0.15, -0.1) is 0 Å². The Morgan fingerprint density at radius 2 is 2.56 bits per heavy atom. The molecule has 0 saturated carbocycles. The molecule has 0 aromatic heterocycles. The first kappa shape index (κ1) is 6.49. The van der Waals surface area contributed by atoms with Gasteiger partial charge >= 0.3 is 0 Å². The molecule has 50 valence electrons. The molecule has 1 aliphatic rings. The van der Waals surface area contributed by atoms with E-state index in [-0.39, 0.29) is 11.9 Å². The van der Waals surface area contributed by atoms with E-state index in [4.69, 9.17) is 4.74 Å². The summed E-state index contributed by atoms with van der Waals surface area (Å²) in [5.74, 6) is 0.194. The summed E-state index contributed by atoms with van der Waals surface area (Å²) in [6, 6.07) is 0. The lowest BCUT2D eigenvalue weighted by molar-refractivity contribution is -0.126. The van der Waals surface area contributed by atoms with Crippen LogP contribution in [0.2, 0.25) is 0 Å². The number of allylic oxidation sites excluding steroid dienone is 1. The van der Waals surface area contributed by atoms with Crippen molar-refractivity contribution >= 4 is 5.78 Å². The molecule has 0 aromatic rings. The molecule has 0 fully saturated rings. The zero-order chi connectivity index (χ0) is 6.69. The van der Waals surface area contributed by atoms with E-state index in [0.29, 0.717) is 6.42 Å². The van der Waals surface area contributed by atoms with E-state index in [9.17, 15) is 4.79 Å². The monoisotopic (exact) mass is 126 g/mol. The van der Waals surface area contributed by atoms with Crippen molar-refractivity contribution in [3.8, 4) is 0 Å². The van der Waals surface area contributed by atoms with Crippen molar-refractivity contribution in [1.29, 1.82) is 0 Å². The average Bonchev–Trinajstić information content (AvgIpc) is 1.89. The fourth-order valence-corrected chi connectivity index (χ4v) is 0.905. The van der Waals surface area contributed by atoms with Crippen molar-refractivity contribution in [3.63, 3.8) is 0 Å². The second-order valence-corrected chi connectivity index (χ2v) is 2.09. The summed E-state index contributed by atoms with van der Waals surface area (Å²) in [5.41, 5.74) is 0. The van der Waals surface area contributed by atoms with Gasteiger partial charge in [0, 0.05) is 13.5 Å². The topological polar surface area (TPSA) is 26.3 Å². The van der Waals surface area contributed by atoms with Crippen molar-refractivity contribution in [2.45, 2.75) is 18.9 Å². The number of methoxy groups -OCH3 is 1. The first-order valence-electron chi connectivity index (χ1n) is 3.07. The molecule has 2 heteroatoms. The van der Waals surface area contributed by atoms with Crippen molar-refractivity contribution in [1.82, 2.24) is 0 Å². The number of rotatable bonds is 1. The van der Waals surface area contributed by atoms with Crippen LogP contribution < -0.4 is 0 Å². The Morgan fingerprint density at radius 3 is 3.00 bits per heavy atom. The number of hydrogen-bond acceptors (Lipinski definition) is 2. The minimum Gasteiger partial charge on any atom is -0.370 e. The summed E-state index contributed by atoms with van der Waals surface area (Å²) >= 11 is 0. The maximum Gasteiger partial charge on any atom is 0.165 e. The van der Waals surface area contributed by atoms with Gasteiger partial charge in [0.1, 0.15) is 6.10 Å². The number of Topliss-reactive ketones (excluding diaryl/α,β-unsaturated/α-hetero) is 1. The van der Waals surface area contributed by atoms with E-state index in [1.807, 2.05) is 12.2 Å². The zero-order valence-electron chi connectivity index (χ0n) is 5.46. The molecule has 2 nitrogen and oxygen atoms in total. The molecule has 1 aliphatic carbocycles. The second-order valence-electron chi connectivity index (χ2n) is 2.09. The normalized spacial score (nSPS) is 26.8. The van der Waals surface area contributed by atoms with Crippen LogP contribution in [0.15, 0.2) is 12.2 Å². The number of hydrogen-bond donors (Lipinski definition) is 0. The highest BCUT2D eigenvalue weighted by Gasteiger charge is 2.15.